The van der Waals surface area contributed by atoms with E-state index in [1.807, 2.05) is 26.8 Å². The van der Waals surface area contributed by atoms with Gasteiger partial charge in [0.15, 0.2) is 0 Å². The van der Waals surface area contributed by atoms with Gasteiger partial charge in [0.1, 0.15) is 5.60 Å². The predicted octanol–water partition coefficient (Wildman–Crippen LogP) is 6.39. The van der Waals surface area contributed by atoms with Crippen molar-refractivity contribution in [3.8, 4) is 0 Å². The summed E-state index contributed by atoms with van der Waals surface area (Å²) in [7, 11) is 0. The van der Waals surface area contributed by atoms with Gasteiger partial charge >= 0.3 is 5.97 Å². The van der Waals surface area contributed by atoms with Gasteiger partial charge in [-0.2, -0.15) is 5.06 Å². The summed E-state index contributed by atoms with van der Waals surface area (Å²) in [5.41, 5.74) is 0.296. The number of carbonyl (C=O) groups excluding carboxylic acids is 1. The Labute approximate surface area is 208 Å². The van der Waals surface area contributed by atoms with E-state index in [1.54, 1.807) is 0 Å². The number of benzene rings is 1. The molecule has 0 amide bonds. The zero-order valence-electron chi connectivity index (χ0n) is 23.3. The highest BCUT2D eigenvalue weighted by molar-refractivity contribution is 5.75. The van der Waals surface area contributed by atoms with Crippen LogP contribution in [0.25, 0.3) is 0 Å². The molecule has 2 fully saturated rings. The van der Waals surface area contributed by atoms with Crippen LogP contribution in [0.3, 0.4) is 0 Å². The van der Waals surface area contributed by atoms with E-state index in [4.69, 9.17) is 9.57 Å². The van der Waals surface area contributed by atoms with Gasteiger partial charge in [0.05, 0.1) is 12.5 Å². The van der Waals surface area contributed by atoms with Crippen LogP contribution in [0.4, 0.5) is 0 Å². The summed E-state index contributed by atoms with van der Waals surface area (Å²) in [5, 5.41) is 2.22. The van der Waals surface area contributed by atoms with Gasteiger partial charge < -0.3 is 4.74 Å². The third-order valence-corrected chi connectivity index (χ3v) is 7.94. The van der Waals surface area contributed by atoms with Crippen molar-refractivity contribution in [2.24, 2.45) is 11.3 Å². The number of rotatable bonds is 6. The maximum absolute atomic E-state index is 13.6. The van der Waals surface area contributed by atoms with Crippen LogP contribution in [0, 0.1) is 11.3 Å². The first-order valence-electron chi connectivity index (χ1n) is 13.0. The Balaban J connectivity index is 1.90. The molecule has 0 aromatic heterocycles. The van der Waals surface area contributed by atoms with Crippen molar-refractivity contribution < 1.29 is 14.4 Å². The van der Waals surface area contributed by atoms with E-state index in [0.717, 1.165) is 19.4 Å². The third kappa shape index (κ3) is 5.68. The Hall–Kier alpha value is -1.43. The Kier molecular flexibility index (Phi) is 7.63. The molecule has 2 heterocycles. The Morgan fingerprint density at radius 1 is 1.06 bits per heavy atom. The number of likely N-dealkylation sites (tertiary alicyclic amines) is 1. The van der Waals surface area contributed by atoms with Crippen LogP contribution in [0.15, 0.2) is 30.3 Å². The Morgan fingerprint density at radius 2 is 1.62 bits per heavy atom. The van der Waals surface area contributed by atoms with Gasteiger partial charge in [-0.25, -0.2) is 0 Å². The summed E-state index contributed by atoms with van der Waals surface area (Å²) in [6.45, 7) is 22.8. The van der Waals surface area contributed by atoms with Crippen molar-refractivity contribution in [1.82, 2.24) is 9.96 Å². The second-order valence-electron chi connectivity index (χ2n) is 13.2. The molecule has 0 spiro atoms. The monoisotopic (exact) mass is 472 g/mol. The summed E-state index contributed by atoms with van der Waals surface area (Å²) in [5.74, 6) is -0.389. The normalized spacial score (nSPS) is 30.8. The van der Waals surface area contributed by atoms with Crippen LogP contribution in [0.5, 0.6) is 0 Å². The minimum Gasteiger partial charge on any atom is -0.460 e. The minimum atomic E-state index is -0.520. The molecule has 192 valence electrons. The molecule has 0 bridgehead atoms. The Bertz CT molecular complexity index is 829. The molecule has 0 aliphatic carbocycles. The van der Waals surface area contributed by atoms with Gasteiger partial charge in [-0.3, -0.25) is 14.5 Å². The Morgan fingerprint density at radius 3 is 2.15 bits per heavy atom. The molecule has 5 heteroatoms. The molecule has 1 aromatic rings. The van der Waals surface area contributed by atoms with Crippen molar-refractivity contribution >= 4 is 5.97 Å². The van der Waals surface area contributed by atoms with Crippen molar-refractivity contribution in [2.45, 2.75) is 117 Å². The summed E-state index contributed by atoms with van der Waals surface area (Å²) in [4.78, 5) is 22.7. The number of ether oxygens (including phenoxy) is 1. The molecule has 0 radical (unpaired) electrons. The van der Waals surface area contributed by atoms with Crippen LogP contribution in [0.1, 0.15) is 100 Å². The minimum absolute atomic E-state index is 0.0409. The number of carbonyl (C=O) groups is 1. The van der Waals surface area contributed by atoms with Crippen LogP contribution in [0.2, 0.25) is 0 Å². The van der Waals surface area contributed by atoms with E-state index in [9.17, 15) is 4.79 Å². The first-order chi connectivity index (χ1) is 15.6. The van der Waals surface area contributed by atoms with Gasteiger partial charge in [0.25, 0.3) is 0 Å². The fraction of sp³-hybridized carbons (Fsp3) is 0.759. The second kappa shape index (κ2) is 9.55. The molecular weight excluding hydrogens is 424 g/mol. The maximum Gasteiger partial charge on any atom is 0.311 e. The van der Waals surface area contributed by atoms with Crippen molar-refractivity contribution in [1.29, 1.82) is 0 Å². The van der Waals surface area contributed by atoms with E-state index < -0.39 is 5.60 Å². The number of hydrogen-bond donors (Lipinski definition) is 0. The zero-order chi connectivity index (χ0) is 25.5. The lowest BCUT2D eigenvalue weighted by Crippen LogP contribution is -2.59. The summed E-state index contributed by atoms with van der Waals surface area (Å²) in [6.07, 6.45) is 3.42. The van der Waals surface area contributed by atoms with Crippen molar-refractivity contribution in [3.05, 3.63) is 35.9 Å². The largest absolute Gasteiger partial charge is 0.460 e. The third-order valence-electron chi connectivity index (χ3n) is 7.94. The molecule has 0 N–H and O–H groups in total. The van der Waals surface area contributed by atoms with Crippen molar-refractivity contribution in [3.63, 3.8) is 0 Å². The van der Waals surface area contributed by atoms with Crippen LogP contribution in [-0.2, 0) is 14.4 Å². The first-order valence-corrected chi connectivity index (χ1v) is 13.0. The summed E-state index contributed by atoms with van der Waals surface area (Å²) >= 11 is 0. The topological polar surface area (TPSA) is 42.0 Å². The molecule has 2 saturated heterocycles. The average Bonchev–Trinajstić information content (AvgIpc) is 2.96. The predicted molar refractivity (Wildman–Crippen MR) is 138 cm³/mol. The number of nitrogens with zero attached hydrogens (tertiary/aromatic N) is 2. The van der Waals surface area contributed by atoms with E-state index >= 15 is 0 Å². The molecule has 1 aromatic carbocycles. The molecular formula is C29H48N2O3. The number of hydrogen-bond acceptors (Lipinski definition) is 5. The fourth-order valence-corrected chi connectivity index (χ4v) is 6.37. The molecule has 2 aliphatic heterocycles. The first kappa shape index (κ1) is 27.2. The smallest absolute Gasteiger partial charge is 0.311 e. The molecule has 5 nitrogen and oxygen atoms in total. The van der Waals surface area contributed by atoms with Gasteiger partial charge in [0.2, 0.25) is 0 Å². The van der Waals surface area contributed by atoms with Crippen molar-refractivity contribution in [2.75, 3.05) is 13.2 Å². The van der Waals surface area contributed by atoms with E-state index in [1.165, 1.54) is 12.0 Å². The highest BCUT2D eigenvalue weighted by Gasteiger charge is 2.55. The van der Waals surface area contributed by atoms with Gasteiger partial charge in [-0.05, 0) is 87.1 Å². The fourth-order valence-electron chi connectivity index (χ4n) is 6.37. The van der Waals surface area contributed by atoms with E-state index in [0.29, 0.717) is 6.61 Å². The van der Waals surface area contributed by atoms with E-state index in [-0.39, 0.29) is 40.5 Å². The molecule has 34 heavy (non-hydrogen) atoms. The molecule has 0 unspecified atom stereocenters. The maximum atomic E-state index is 13.6. The molecule has 2 aliphatic rings. The SMILES string of the molecule is C[C@H](c1ccccc1)N1C[C@@](C)(CON2C(C)(C)CCCC2(C)C)[C@H](C(=O)OC(C)(C)C)[C@H]1C. The highest BCUT2D eigenvalue weighted by Crippen LogP contribution is 2.47. The number of esters is 1. The molecule has 4 atom stereocenters. The van der Waals surface area contributed by atoms with Gasteiger partial charge in [-0.15, -0.1) is 0 Å². The standard InChI is InChI=1S/C29H48N2O3/c1-21(23-15-12-11-13-16-23)30-19-29(10,24(22(30)2)25(32)34-26(3,4)5)20-33-31-27(6,7)17-14-18-28(31,8)9/h11-13,15-16,21-22,24H,14,17-20H2,1-10H3/t21-,22-,24+,29+/m1/s1. The zero-order valence-corrected chi connectivity index (χ0v) is 23.3. The number of hydroxylamine groups is 2. The van der Waals surface area contributed by atoms with Crippen LogP contribution < -0.4 is 0 Å². The summed E-state index contributed by atoms with van der Waals surface area (Å²) in [6, 6.07) is 10.8. The second-order valence-corrected chi connectivity index (χ2v) is 13.2. The lowest BCUT2D eigenvalue weighted by atomic mass is 9.77. The molecule has 3 rings (SSSR count). The quantitative estimate of drug-likeness (QED) is 0.449. The summed E-state index contributed by atoms with van der Waals surface area (Å²) < 4.78 is 5.96. The average molecular weight is 473 g/mol. The van der Waals surface area contributed by atoms with Crippen LogP contribution in [-0.4, -0.2) is 51.8 Å². The van der Waals surface area contributed by atoms with Gasteiger partial charge in [0, 0.05) is 35.1 Å². The lowest BCUT2D eigenvalue weighted by molar-refractivity contribution is -0.293. The molecule has 0 saturated carbocycles. The highest BCUT2D eigenvalue weighted by atomic mass is 16.7. The van der Waals surface area contributed by atoms with Gasteiger partial charge in [-0.1, -0.05) is 37.3 Å². The number of piperidine rings is 1. The van der Waals surface area contributed by atoms with Crippen LogP contribution >= 0.6 is 0 Å². The lowest BCUT2D eigenvalue weighted by Gasteiger charge is -2.52. The van der Waals surface area contributed by atoms with E-state index in [2.05, 4.69) is 82.7 Å².